The van der Waals surface area contributed by atoms with E-state index in [1.165, 1.54) is 11.7 Å². The molecule has 0 unspecified atom stereocenters. The third-order valence-corrected chi connectivity index (χ3v) is 3.96. The van der Waals surface area contributed by atoms with E-state index in [2.05, 4.69) is 15.4 Å². The van der Waals surface area contributed by atoms with Crippen LogP contribution in [0, 0.1) is 0 Å². The molecule has 2 aromatic carbocycles. The molecule has 0 radical (unpaired) electrons. The summed E-state index contributed by atoms with van der Waals surface area (Å²) in [6, 6.07) is 11.9. The predicted molar refractivity (Wildman–Crippen MR) is 98.5 cm³/mol. The molecule has 2 N–H and O–H groups in total. The van der Waals surface area contributed by atoms with Crippen LogP contribution in [0.15, 0.2) is 42.5 Å². The van der Waals surface area contributed by atoms with Gasteiger partial charge in [0.1, 0.15) is 5.75 Å². The summed E-state index contributed by atoms with van der Waals surface area (Å²) >= 11 is 0. The SMILES string of the molecule is CCOc1ccc(C(C)=O)cc1Cn1nnc(-c2ccc(C(N)=O)cc2)n1. The quantitative estimate of drug-likeness (QED) is 0.642. The van der Waals surface area contributed by atoms with Crippen molar-refractivity contribution in [1.29, 1.82) is 0 Å². The normalized spacial score (nSPS) is 10.6. The zero-order valence-electron chi connectivity index (χ0n) is 15.0. The third kappa shape index (κ3) is 4.17. The summed E-state index contributed by atoms with van der Waals surface area (Å²) in [5.41, 5.74) is 7.75. The van der Waals surface area contributed by atoms with Gasteiger partial charge in [-0.1, -0.05) is 12.1 Å². The van der Waals surface area contributed by atoms with Gasteiger partial charge in [0.25, 0.3) is 0 Å². The first-order valence-corrected chi connectivity index (χ1v) is 8.42. The molecule has 0 atom stereocenters. The van der Waals surface area contributed by atoms with E-state index in [0.717, 1.165) is 5.56 Å². The molecule has 3 rings (SSSR count). The number of hydrogen-bond acceptors (Lipinski definition) is 6. The molecule has 27 heavy (non-hydrogen) atoms. The van der Waals surface area contributed by atoms with E-state index < -0.39 is 5.91 Å². The number of tetrazole rings is 1. The number of hydrogen-bond donors (Lipinski definition) is 1. The average molecular weight is 365 g/mol. The lowest BCUT2D eigenvalue weighted by atomic mass is 10.1. The number of Topliss-reactive ketones (excluding diaryl/α,β-unsaturated/α-hetero) is 1. The van der Waals surface area contributed by atoms with Gasteiger partial charge in [-0.15, -0.1) is 10.2 Å². The summed E-state index contributed by atoms with van der Waals surface area (Å²) in [6.45, 7) is 4.22. The van der Waals surface area contributed by atoms with E-state index in [-0.39, 0.29) is 5.78 Å². The van der Waals surface area contributed by atoms with Crippen molar-refractivity contribution in [3.05, 3.63) is 59.2 Å². The number of nitrogens with zero attached hydrogens (tertiary/aromatic N) is 4. The number of amides is 1. The number of rotatable bonds is 7. The van der Waals surface area contributed by atoms with E-state index >= 15 is 0 Å². The van der Waals surface area contributed by atoms with E-state index in [4.69, 9.17) is 10.5 Å². The monoisotopic (exact) mass is 365 g/mol. The number of carbonyl (C=O) groups excluding carboxylic acids is 2. The second kappa shape index (κ2) is 7.77. The van der Waals surface area contributed by atoms with Gasteiger partial charge in [0.2, 0.25) is 11.7 Å². The Balaban J connectivity index is 1.86. The first-order chi connectivity index (χ1) is 13.0. The van der Waals surface area contributed by atoms with Crippen LogP contribution in [0.25, 0.3) is 11.4 Å². The van der Waals surface area contributed by atoms with Crippen LogP contribution in [-0.4, -0.2) is 38.5 Å². The molecular weight excluding hydrogens is 346 g/mol. The highest BCUT2D eigenvalue weighted by Gasteiger charge is 2.12. The van der Waals surface area contributed by atoms with Crippen LogP contribution in [0.2, 0.25) is 0 Å². The Morgan fingerprint density at radius 3 is 2.44 bits per heavy atom. The lowest BCUT2D eigenvalue weighted by molar-refractivity contribution is 0.0996. The van der Waals surface area contributed by atoms with Crippen LogP contribution >= 0.6 is 0 Å². The van der Waals surface area contributed by atoms with Gasteiger partial charge in [-0.25, -0.2) is 0 Å². The van der Waals surface area contributed by atoms with Gasteiger partial charge in [-0.3, -0.25) is 9.59 Å². The summed E-state index contributed by atoms with van der Waals surface area (Å²) in [5.74, 6) is 0.576. The molecule has 8 heteroatoms. The Kier molecular flexibility index (Phi) is 5.25. The largest absolute Gasteiger partial charge is 0.494 e. The molecule has 1 amide bonds. The minimum absolute atomic E-state index is 0.0268. The molecule has 0 spiro atoms. The first kappa shape index (κ1) is 18.2. The topological polar surface area (TPSA) is 113 Å². The van der Waals surface area contributed by atoms with E-state index in [0.29, 0.717) is 41.4 Å². The second-order valence-electron chi connectivity index (χ2n) is 5.90. The lowest BCUT2D eigenvalue weighted by Gasteiger charge is -2.10. The fraction of sp³-hybridized carbons (Fsp3) is 0.211. The number of ether oxygens (including phenoxy) is 1. The van der Waals surface area contributed by atoms with Gasteiger partial charge < -0.3 is 10.5 Å². The molecule has 0 aliphatic rings. The standard InChI is InChI=1S/C19H19N5O3/c1-3-27-17-9-8-15(12(2)25)10-16(17)11-24-22-19(21-23-24)14-6-4-13(5-7-14)18(20)26/h4-10H,3,11H2,1-2H3,(H2,20,26). The summed E-state index contributed by atoms with van der Waals surface area (Å²) in [6.07, 6.45) is 0. The Morgan fingerprint density at radius 1 is 1.11 bits per heavy atom. The van der Waals surface area contributed by atoms with Crippen molar-refractivity contribution in [2.24, 2.45) is 5.73 Å². The Morgan fingerprint density at radius 2 is 1.81 bits per heavy atom. The summed E-state index contributed by atoms with van der Waals surface area (Å²) in [5, 5.41) is 12.5. The van der Waals surface area contributed by atoms with Crippen LogP contribution in [0.1, 0.15) is 40.1 Å². The maximum atomic E-state index is 11.7. The Labute approximate surface area is 155 Å². The van der Waals surface area contributed by atoms with E-state index in [1.54, 1.807) is 42.5 Å². The van der Waals surface area contributed by atoms with Gasteiger partial charge >= 0.3 is 0 Å². The predicted octanol–water partition coefficient (Wildman–Crippen LogP) is 2.09. The van der Waals surface area contributed by atoms with Crippen molar-refractivity contribution in [3.63, 3.8) is 0 Å². The summed E-state index contributed by atoms with van der Waals surface area (Å²) < 4.78 is 5.63. The lowest BCUT2D eigenvalue weighted by Crippen LogP contribution is -2.10. The number of benzene rings is 2. The fourth-order valence-electron chi connectivity index (χ4n) is 2.58. The fourth-order valence-corrected chi connectivity index (χ4v) is 2.58. The molecule has 8 nitrogen and oxygen atoms in total. The molecule has 0 saturated carbocycles. The smallest absolute Gasteiger partial charge is 0.248 e. The molecular formula is C19H19N5O3. The van der Waals surface area contributed by atoms with Gasteiger partial charge in [-0.2, -0.15) is 4.80 Å². The zero-order chi connectivity index (χ0) is 19.4. The van der Waals surface area contributed by atoms with Crippen molar-refractivity contribution >= 4 is 11.7 Å². The molecule has 1 heterocycles. The number of aromatic nitrogens is 4. The molecule has 0 bridgehead atoms. The zero-order valence-corrected chi connectivity index (χ0v) is 15.0. The molecule has 0 saturated heterocycles. The van der Waals surface area contributed by atoms with Gasteiger partial charge in [0.15, 0.2) is 5.78 Å². The summed E-state index contributed by atoms with van der Waals surface area (Å²) in [7, 11) is 0. The summed E-state index contributed by atoms with van der Waals surface area (Å²) in [4.78, 5) is 24.2. The number of nitrogens with two attached hydrogens (primary N) is 1. The van der Waals surface area contributed by atoms with Crippen molar-refractivity contribution in [1.82, 2.24) is 20.2 Å². The van der Waals surface area contributed by atoms with E-state index in [9.17, 15) is 9.59 Å². The van der Waals surface area contributed by atoms with Crippen molar-refractivity contribution < 1.29 is 14.3 Å². The van der Waals surface area contributed by atoms with Crippen LogP contribution in [-0.2, 0) is 6.54 Å². The minimum Gasteiger partial charge on any atom is -0.494 e. The van der Waals surface area contributed by atoms with E-state index in [1.807, 2.05) is 6.92 Å². The maximum Gasteiger partial charge on any atom is 0.248 e. The van der Waals surface area contributed by atoms with Gasteiger partial charge in [0, 0.05) is 22.3 Å². The molecule has 1 aromatic heterocycles. The maximum absolute atomic E-state index is 11.7. The molecule has 0 aliphatic heterocycles. The highest BCUT2D eigenvalue weighted by molar-refractivity contribution is 5.94. The van der Waals surface area contributed by atoms with Crippen molar-refractivity contribution in [2.45, 2.75) is 20.4 Å². The van der Waals surface area contributed by atoms with Crippen molar-refractivity contribution in [2.75, 3.05) is 6.61 Å². The Hall–Kier alpha value is -3.55. The van der Waals surface area contributed by atoms with Crippen LogP contribution < -0.4 is 10.5 Å². The van der Waals surface area contributed by atoms with Crippen LogP contribution in [0.4, 0.5) is 0 Å². The average Bonchev–Trinajstić information content (AvgIpc) is 3.12. The molecule has 3 aromatic rings. The minimum atomic E-state index is -0.494. The third-order valence-electron chi connectivity index (χ3n) is 3.96. The van der Waals surface area contributed by atoms with Crippen LogP contribution in [0.3, 0.4) is 0 Å². The first-order valence-electron chi connectivity index (χ1n) is 8.42. The van der Waals surface area contributed by atoms with Crippen LogP contribution in [0.5, 0.6) is 5.75 Å². The number of primary amides is 1. The van der Waals surface area contributed by atoms with Gasteiger partial charge in [-0.05, 0) is 49.4 Å². The van der Waals surface area contributed by atoms with Gasteiger partial charge in [0.05, 0.1) is 13.2 Å². The molecule has 0 aliphatic carbocycles. The number of ketones is 1. The van der Waals surface area contributed by atoms with Crippen molar-refractivity contribution in [3.8, 4) is 17.1 Å². The molecule has 138 valence electrons. The highest BCUT2D eigenvalue weighted by atomic mass is 16.5. The Bertz CT molecular complexity index is 979. The molecule has 0 fully saturated rings. The number of carbonyl (C=O) groups is 2. The second-order valence-corrected chi connectivity index (χ2v) is 5.90. The highest BCUT2D eigenvalue weighted by Crippen LogP contribution is 2.22.